The number of rotatable bonds is 7. The Labute approximate surface area is 113 Å². The van der Waals surface area contributed by atoms with Crippen LogP contribution in [0.5, 0.6) is 0 Å². The quantitative estimate of drug-likeness (QED) is 0.757. The van der Waals surface area contributed by atoms with Gasteiger partial charge in [0.15, 0.2) is 0 Å². The molecule has 0 radical (unpaired) electrons. The van der Waals surface area contributed by atoms with Gasteiger partial charge in [-0.3, -0.25) is 0 Å². The highest BCUT2D eigenvalue weighted by Gasteiger charge is 2.22. The average molecular weight is 247 g/mol. The van der Waals surface area contributed by atoms with Crippen LogP contribution >= 0.6 is 0 Å². The molecule has 0 aliphatic carbocycles. The highest BCUT2D eigenvalue weighted by atomic mass is 14.9. The standard InChI is InChI=1S/C17H29N/c1-6-12-18-14(3)13-17(4,5)16-10-8-15(7-2)9-11-16/h8-11,14,18H,6-7,12-13H2,1-5H3. The molecule has 1 nitrogen and oxygen atoms in total. The first-order chi connectivity index (χ1) is 8.49. The first-order valence-corrected chi connectivity index (χ1v) is 7.32. The topological polar surface area (TPSA) is 12.0 Å². The van der Waals surface area contributed by atoms with Crippen LogP contribution in [-0.4, -0.2) is 12.6 Å². The zero-order valence-corrected chi connectivity index (χ0v) is 12.7. The summed E-state index contributed by atoms with van der Waals surface area (Å²) in [6, 6.07) is 9.70. The van der Waals surface area contributed by atoms with E-state index in [0.717, 1.165) is 13.0 Å². The lowest BCUT2D eigenvalue weighted by atomic mass is 9.79. The van der Waals surface area contributed by atoms with Crippen molar-refractivity contribution in [3.05, 3.63) is 35.4 Å². The van der Waals surface area contributed by atoms with E-state index in [0.29, 0.717) is 6.04 Å². The lowest BCUT2D eigenvalue weighted by molar-refractivity contribution is 0.389. The van der Waals surface area contributed by atoms with Crippen LogP contribution in [0.4, 0.5) is 0 Å². The minimum atomic E-state index is 0.242. The molecule has 0 heterocycles. The molecule has 18 heavy (non-hydrogen) atoms. The molecule has 0 aromatic heterocycles. The van der Waals surface area contributed by atoms with Crippen molar-refractivity contribution in [1.82, 2.24) is 5.32 Å². The third kappa shape index (κ3) is 4.45. The molecule has 1 aromatic rings. The Balaban J connectivity index is 2.66. The van der Waals surface area contributed by atoms with Gasteiger partial charge in [-0.25, -0.2) is 0 Å². The van der Waals surface area contributed by atoms with Gasteiger partial charge in [0.05, 0.1) is 0 Å². The summed E-state index contributed by atoms with van der Waals surface area (Å²) in [7, 11) is 0. The van der Waals surface area contributed by atoms with Crippen LogP contribution < -0.4 is 5.32 Å². The van der Waals surface area contributed by atoms with E-state index in [2.05, 4.69) is 64.2 Å². The predicted octanol–water partition coefficient (Wildman–Crippen LogP) is 4.30. The van der Waals surface area contributed by atoms with Gasteiger partial charge in [0.1, 0.15) is 0 Å². The number of benzene rings is 1. The van der Waals surface area contributed by atoms with Gasteiger partial charge >= 0.3 is 0 Å². The molecule has 1 aromatic carbocycles. The molecular formula is C17H29N. The molecule has 0 aliphatic heterocycles. The molecule has 1 heteroatoms. The summed E-state index contributed by atoms with van der Waals surface area (Å²) in [6.07, 6.45) is 3.50. The first kappa shape index (κ1) is 15.2. The van der Waals surface area contributed by atoms with Gasteiger partial charge in [-0.1, -0.05) is 52.0 Å². The summed E-state index contributed by atoms with van der Waals surface area (Å²) >= 11 is 0. The smallest absolute Gasteiger partial charge is 0.00470 e. The highest BCUT2D eigenvalue weighted by molar-refractivity contribution is 5.28. The fourth-order valence-electron chi connectivity index (χ4n) is 2.54. The minimum Gasteiger partial charge on any atom is -0.314 e. The monoisotopic (exact) mass is 247 g/mol. The number of nitrogens with one attached hydrogen (secondary N) is 1. The van der Waals surface area contributed by atoms with Crippen LogP contribution in [0.2, 0.25) is 0 Å². The molecule has 1 unspecified atom stereocenters. The second kappa shape index (κ2) is 6.94. The summed E-state index contributed by atoms with van der Waals surface area (Å²) in [5.74, 6) is 0. The summed E-state index contributed by atoms with van der Waals surface area (Å²) < 4.78 is 0. The van der Waals surface area contributed by atoms with Crippen molar-refractivity contribution in [3.63, 3.8) is 0 Å². The maximum absolute atomic E-state index is 3.58. The summed E-state index contributed by atoms with van der Waals surface area (Å²) in [4.78, 5) is 0. The van der Waals surface area contributed by atoms with Crippen LogP contribution in [0, 0.1) is 0 Å². The SMILES string of the molecule is CCCNC(C)CC(C)(C)c1ccc(CC)cc1. The molecule has 0 saturated heterocycles. The van der Waals surface area contributed by atoms with E-state index in [9.17, 15) is 0 Å². The van der Waals surface area contributed by atoms with Crippen LogP contribution in [0.3, 0.4) is 0 Å². The van der Waals surface area contributed by atoms with E-state index in [4.69, 9.17) is 0 Å². The predicted molar refractivity (Wildman–Crippen MR) is 81.2 cm³/mol. The van der Waals surface area contributed by atoms with Crippen molar-refractivity contribution in [2.45, 2.75) is 65.3 Å². The molecule has 0 aliphatic rings. The van der Waals surface area contributed by atoms with Crippen LogP contribution in [0.15, 0.2) is 24.3 Å². The number of aryl methyl sites for hydroxylation is 1. The largest absolute Gasteiger partial charge is 0.314 e. The molecule has 1 rings (SSSR count). The maximum atomic E-state index is 3.58. The fourth-order valence-corrected chi connectivity index (χ4v) is 2.54. The van der Waals surface area contributed by atoms with Crippen LogP contribution in [0.1, 0.15) is 58.6 Å². The van der Waals surface area contributed by atoms with Crippen molar-refractivity contribution >= 4 is 0 Å². The fraction of sp³-hybridized carbons (Fsp3) is 0.647. The van der Waals surface area contributed by atoms with Gasteiger partial charge in [-0.05, 0) is 49.3 Å². The van der Waals surface area contributed by atoms with E-state index in [1.54, 1.807) is 0 Å². The minimum absolute atomic E-state index is 0.242. The molecular weight excluding hydrogens is 218 g/mol. The van der Waals surface area contributed by atoms with E-state index >= 15 is 0 Å². The second-order valence-corrected chi connectivity index (χ2v) is 5.99. The molecule has 0 fully saturated rings. The van der Waals surface area contributed by atoms with Crippen LogP contribution in [-0.2, 0) is 11.8 Å². The Hall–Kier alpha value is -0.820. The van der Waals surface area contributed by atoms with E-state index in [-0.39, 0.29) is 5.41 Å². The Kier molecular flexibility index (Phi) is 5.87. The summed E-state index contributed by atoms with van der Waals surface area (Å²) in [5.41, 5.74) is 3.11. The van der Waals surface area contributed by atoms with Crippen molar-refractivity contribution in [2.24, 2.45) is 0 Å². The van der Waals surface area contributed by atoms with E-state index in [1.165, 1.54) is 24.0 Å². The van der Waals surface area contributed by atoms with E-state index in [1.807, 2.05) is 0 Å². The zero-order valence-electron chi connectivity index (χ0n) is 12.7. The lowest BCUT2D eigenvalue weighted by Gasteiger charge is -2.29. The Morgan fingerprint density at radius 1 is 1.11 bits per heavy atom. The molecule has 102 valence electrons. The normalized spacial score (nSPS) is 13.6. The second-order valence-electron chi connectivity index (χ2n) is 5.99. The molecule has 0 bridgehead atoms. The number of hydrogen-bond acceptors (Lipinski definition) is 1. The zero-order chi connectivity index (χ0) is 13.6. The Morgan fingerprint density at radius 3 is 2.22 bits per heavy atom. The van der Waals surface area contributed by atoms with Crippen molar-refractivity contribution in [1.29, 1.82) is 0 Å². The van der Waals surface area contributed by atoms with Gasteiger partial charge < -0.3 is 5.32 Å². The van der Waals surface area contributed by atoms with Crippen molar-refractivity contribution in [2.75, 3.05) is 6.54 Å². The third-order valence-corrected chi connectivity index (χ3v) is 3.70. The maximum Gasteiger partial charge on any atom is 0.00470 e. The average Bonchev–Trinajstić information content (AvgIpc) is 2.36. The van der Waals surface area contributed by atoms with Crippen LogP contribution in [0.25, 0.3) is 0 Å². The highest BCUT2D eigenvalue weighted by Crippen LogP contribution is 2.28. The summed E-state index contributed by atoms with van der Waals surface area (Å²) in [6.45, 7) is 12.5. The third-order valence-electron chi connectivity index (χ3n) is 3.70. The molecule has 1 N–H and O–H groups in total. The molecule has 0 amide bonds. The lowest BCUT2D eigenvalue weighted by Crippen LogP contribution is -2.33. The van der Waals surface area contributed by atoms with Gasteiger partial charge in [0, 0.05) is 6.04 Å². The molecule has 0 spiro atoms. The van der Waals surface area contributed by atoms with Gasteiger partial charge in [0.2, 0.25) is 0 Å². The van der Waals surface area contributed by atoms with Crippen molar-refractivity contribution < 1.29 is 0 Å². The van der Waals surface area contributed by atoms with Gasteiger partial charge in [-0.15, -0.1) is 0 Å². The summed E-state index contributed by atoms with van der Waals surface area (Å²) in [5, 5.41) is 3.58. The Morgan fingerprint density at radius 2 is 1.72 bits per heavy atom. The Bertz CT molecular complexity index is 337. The van der Waals surface area contributed by atoms with E-state index < -0.39 is 0 Å². The number of hydrogen-bond donors (Lipinski definition) is 1. The van der Waals surface area contributed by atoms with Gasteiger partial charge in [0.25, 0.3) is 0 Å². The first-order valence-electron chi connectivity index (χ1n) is 7.32. The van der Waals surface area contributed by atoms with Gasteiger partial charge in [-0.2, -0.15) is 0 Å². The molecule has 1 atom stereocenters. The molecule has 0 saturated carbocycles. The van der Waals surface area contributed by atoms with Crippen molar-refractivity contribution in [3.8, 4) is 0 Å².